The summed E-state index contributed by atoms with van der Waals surface area (Å²) in [6, 6.07) is 1.65. The molecular weight excluding hydrogens is 165 g/mol. The molecule has 1 aliphatic rings. The molecule has 0 aliphatic heterocycles. The summed E-state index contributed by atoms with van der Waals surface area (Å²) in [6.45, 7) is 1.70. The molecule has 0 amide bonds. The van der Waals surface area contributed by atoms with Gasteiger partial charge in [-0.15, -0.1) is 0 Å². The molecule has 2 heteroatoms. The zero-order valence-electron chi connectivity index (χ0n) is 7.89. The Morgan fingerprint density at radius 3 is 2.69 bits per heavy atom. The molecular formula is C11H14FN. The van der Waals surface area contributed by atoms with E-state index in [1.54, 1.807) is 13.0 Å². The van der Waals surface area contributed by atoms with Crippen LogP contribution in [0.5, 0.6) is 0 Å². The minimum atomic E-state index is -0.163. The average Bonchev–Trinajstić information content (AvgIpc) is 2.62. The van der Waals surface area contributed by atoms with Crippen molar-refractivity contribution in [2.45, 2.75) is 38.5 Å². The number of pyridine rings is 1. The third-order valence-electron chi connectivity index (χ3n) is 2.87. The van der Waals surface area contributed by atoms with Gasteiger partial charge in [-0.05, 0) is 37.3 Å². The average molecular weight is 179 g/mol. The Balaban J connectivity index is 2.25. The first kappa shape index (κ1) is 8.67. The van der Waals surface area contributed by atoms with Crippen molar-refractivity contribution in [3.05, 3.63) is 29.3 Å². The van der Waals surface area contributed by atoms with Gasteiger partial charge in [0.1, 0.15) is 5.82 Å². The second-order valence-electron chi connectivity index (χ2n) is 3.82. The maximum absolute atomic E-state index is 13.2. The van der Waals surface area contributed by atoms with Crippen LogP contribution < -0.4 is 0 Å². The maximum Gasteiger partial charge on any atom is 0.144 e. The zero-order valence-corrected chi connectivity index (χ0v) is 7.89. The highest BCUT2D eigenvalue weighted by molar-refractivity contribution is 5.20. The number of aromatic nitrogens is 1. The molecule has 0 aromatic carbocycles. The van der Waals surface area contributed by atoms with Crippen LogP contribution in [0.15, 0.2) is 12.3 Å². The lowest BCUT2D eigenvalue weighted by Gasteiger charge is -2.08. The molecule has 1 fully saturated rings. The first-order valence-electron chi connectivity index (χ1n) is 4.89. The number of rotatable bonds is 1. The molecule has 1 nitrogen and oxygen atoms in total. The lowest BCUT2D eigenvalue weighted by atomic mass is 9.99. The van der Waals surface area contributed by atoms with Crippen molar-refractivity contribution >= 4 is 0 Å². The number of halogens is 1. The molecule has 1 aliphatic carbocycles. The summed E-state index contributed by atoms with van der Waals surface area (Å²) in [5.41, 5.74) is 1.59. The number of hydrogen-bond acceptors (Lipinski definition) is 1. The van der Waals surface area contributed by atoms with E-state index >= 15 is 0 Å². The van der Waals surface area contributed by atoms with E-state index in [-0.39, 0.29) is 5.82 Å². The van der Waals surface area contributed by atoms with Crippen LogP contribution in [0.4, 0.5) is 4.39 Å². The van der Waals surface area contributed by atoms with E-state index < -0.39 is 0 Å². The van der Waals surface area contributed by atoms with Gasteiger partial charge >= 0.3 is 0 Å². The molecule has 0 saturated heterocycles. The SMILES string of the molecule is Cc1ncc(C2CCCC2)cc1F. The van der Waals surface area contributed by atoms with E-state index in [0.29, 0.717) is 11.6 Å². The molecule has 0 unspecified atom stereocenters. The topological polar surface area (TPSA) is 12.9 Å². The predicted octanol–water partition coefficient (Wildman–Crippen LogP) is 3.19. The van der Waals surface area contributed by atoms with E-state index in [1.165, 1.54) is 25.7 Å². The second-order valence-corrected chi connectivity index (χ2v) is 3.82. The van der Waals surface area contributed by atoms with Gasteiger partial charge in [-0.1, -0.05) is 12.8 Å². The van der Waals surface area contributed by atoms with Gasteiger partial charge in [0.05, 0.1) is 5.69 Å². The molecule has 2 rings (SSSR count). The van der Waals surface area contributed by atoms with E-state index in [1.807, 2.05) is 6.20 Å². The molecule has 1 saturated carbocycles. The fourth-order valence-electron chi connectivity index (χ4n) is 2.00. The zero-order chi connectivity index (χ0) is 9.26. The van der Waals surface area contributed by atoms with Gasteiger partial charge in [-0.2, -0.15) is 0 Å². The number of aryl methyl sites for hydroxylation is 1. The van der Waals surface area contributed by atoms with E-state index in [9.17, 15) is 4.39 Å². The predicted molar refractivity (Wildman–Crippen MR) is 50.1 cm³/mol. The van der Waals surface area contributed by atoms with Gasteiger partial charge in [0, 0.05) is 6.20 Å². The van der Waals surface area contributed by atoms with Crippen LogP contribution >= 0.6 is 0 Å². The van der Waals surface area contributed by atoms with Gasteiger partial charge in [0.15, 0.2) is 0 Å². The van der Waals surface area contributed by atoms with Gasteiger partial charge in [0.2, 0.25) is 0 Å². The maximum atomic E-state index is 13.2. The monoisotopic (exact) mass is 179 g/mol. The lowest BCUT2D eigenvalue weighted by Crippen LogP contribution is -1.96. The molecule has 0 radical (unpaired) electrons. The van der Waals surface area contributed by atoms with Crippen LogP contribution in [0.3, 0.4) is 0 Å². The van der Waals surface area contributed by atoms with Gasteiger partial charge < -0.3 is 0 Å². The van der Waals surface area contributed by atoms with Crippen LogP contribution in [0.1, 0.15) is 42.9 Å². The van der Waals surface area contributed by atoms with Gasteiger partial charge in [0.25, 0.3) is 0 Å². The highest BCUT2D eigenvalue weighted by Crippen LogP contribution is 2.33. The molecule has 70 valence electrons. The molecule has 1 aromatic rings. The Kier molecular flexibility index (Phi) is 2.30. The van der Waals surface area contributed by atoms with E-state index in [0.717, 1.165) is 5.56 Å². The summed E-state index contributed by atoms with van der Waals surface area (Å²) in [4.78, 5) is 4.05. The van der Waals surface area contributed by atoms with Crippen LogP contribution in [0.25, 0.3) is 0 Å². The number of nitrogens with zero attached hydrogens (tertiary/aromatic N) is 1. The van der Waals surface area contributed by atoms with Crippen LogP contribution in [-0.4, -0.2) is 4.98 Å². The van der Waals surface area contributed by atoms with E-state index in [4.69, 9.17) is 0 Å². The van der Waals surface area contributed by atoms with Crippen molar-refractivity contribution in [1.29, 1.82) is 0 Å². The Bertz CT molecular complexity index is 303. The fourth-order valence-corrected chi connectivity index (χ4v) is 2.00. The molecule has 1 aromatic heterocycles. The Morgan fingerprint density at radius 2 is 2.08 bits per heavy atom. The molecule has 0 spiro atoms. The molecule has 13 heavy (non-hydrogen) atoms. The largest absolute Gasteiger partial charge is 0.258 e. The summed E-state index contributed by atoms with van der Waals surface area (Å²) in [5.74, 6) is 0.395. The normalized spacial score (nSPS) is 18.0. The smallest absolute Gasteiger partial charge is 0.144 e. The first-order valence-corrected chi connectivity index (χ1v) is 4.89. The fraction of sp³-hybridized carbons (Fsp3) is 0.545. The van der Waals surface area contributed by atoms with Crippen LogP contribution in [0.2, 0.25) is 0 Å². The lowest BCUT2D eigenvalue weighted by molar-refractivity contribution is 0.599. The van der Waals surface area contributed by atoms with Gasteiger partial charge in [-0.3, -0.25) is 4.98 Å². The van der Waals surface area contributed by atoms with E-state index in [2.05, 4.69) is 4.98 Å². The summed E-state index contributed by atoms with van der Waals surface area (Å²) >= 11 is 0. The molecule has 0 bridgehead atoms. The molecule has 0 N–H and O–H groups in total. The van der Waals surface area contributed by atoms with Crippen molar-refractivity contribution in [3.63, 3.8) is 0 Å². The first-order chi connectivity index (χ1) is 6.27. The Labute approximate surface area is 78.0 Å². The summed E-state index contributed by atoms with van der Waals surface area (Å²) in [7, 11) is 0. The molecule has 1 heterocycles. The minimum Gasteiger partial charge on any atom is -0.258 e. The third-order valence-corrected chi connectivity index (χ3v) is 2.87. The minimum absolute atomic E-state index is 0.163. The Morgan fingerprint density at radius 1 is 1.38 bits per heavy atom. The quantitative estimate of drug-likeness (QED) is 0.645. The highest BCUT2D eigenvalue weighted by Gasteiger charge is 2.17. The summed E-state index contributed by atoms with van der Waals surface area (Å²) < 4.78 is 13.2. The third kappa shape index (κ3) is 1.71. The van der Waals surface area contributed by atoms with Crippen molar-refractivity contribution in [1.82, 2.24) is 4.98 Å². The van der Waals surface area contributed by atoms with Gasteiger partial charge in [-0.25, -0.2) is 4.39 Å². The highest BCUT2D eigenvalue weighted by atomic mass is 19.1. The molecule has 0 atom stereocenters. The van der Waals surface area contributed by atoms with Crippen molar-refractivity contribution in [3.8, 4) is 0 Å². The van der Waals surface area contributed by atoms with Crippen molar-refractivity contribution in [2.24, 2.45) is 0 Å². The summed E-state index contributed by atoms with van der Waals surface area (Å²) in [6.07, 6.45) is 6.78. The van der Waals surface area contributed by atoms with Crippen LogP contribution in [0, 0.1) is 12.7 Å². The summed E-state index contributed by atoms with van der Waals surface area (Å²) in [5, 5.41) is 0. The van der Waals surface area contributed by atoms with Crippen LogP contribution in [-0.2, 0) is 0 Å². The van der Waals surface area contributed by atoms with Crippen molar-refractivity contribution in [2.75, 3.05) is 0 Å². The van der Waals surface area contributed by atoms with Crippen molar-refractivity contribution < 1.29 is 4.39 Å². The standard InChI is InChI=1S/C11H14FN/c1-8-11(12)6-10(7-13-8)9-4-2-3-5-9/h6-7,9H,2-5H2,1H3. The number of hydrogen-bond donors (Lipinski definition) is 0. The second kappa shape index (κ2) is 3.44. The Hall–Kier alpha value is -0.920.